The lowest BCUT2D eigenvalue weighted by Gasteiger charge is -2.37. The lowest BCUT2D eigenvalue weighted by Crippen LogP contribution is -2.50. The van der Waals surface area contributed by atoms with E-state index in [1.54, 1.807) is 19.4 Å². The number of aromatic nitrogens is 1. The summed E-state index contributed by atoms with van der Waals surface area (Å²) in [4.78, 5) is 33.8. The minimum Gasteiger partial charge on any atom is -0.385 e. The molecular formula is C24H32N4O3. The fourth-order valence-corrected chi connectivity index (χ4v) is 3.84. The van der Waals surface area contributed by atoms with Crippen molar-refractivity contribution in [2.75, 3.05) is 51.3 Å². The van der Waals surface area contributed by atoms with Crippen molar-refractivity contribution in [2.45, 2.75) is 25.7 Å². The van der Waals surface area contributed by atoms with Gasteiger partial charge < -0.3 is 19.9 Å². The van der Waals surface area contributed by atoms with Crippen LogP contribution in [0.3, 0.4) is 0 Å². The lowest BCUT2D eigenvalue weighted by atomic mass is 9.95. The van der Waals surface area contributed by atoms with E-state index < -0.39 is 0 Å². The summed E-state index contributed by atoms with van der Waals surface area (Å²) in [6.45, 7) is 6.06. The fraction of sp³-hybridized carbons (Fsp3) is 0.458. The Hall–Kier alpha value is -2.93. The zero-order valence-electron chi connectivity index (χ0n) is 18.4. The first-order valence-electron chi connectivity index (χ1n) is 11.0. The number of anilines is 1. The third-order valence-electron chi connectivity index (χ3n) is 5.64. The van der Waals surface area contributed by atoms with Crippen LogP contribution in [0.5, 0.6) is 0 Å². The van der Waals surface area contributed by atoms with Crippen molar-refractivity contribution in [1.29, 1.82) is 0 Å². The normalized spacial score (nSPS) is 14.9. The molecule has 2 aromatic rings. The molecule has 7 nitrogen and oxygen atoms in total. The summed E-state index contributed by atoms with van der Waals surface area (Å²) in [5.41, 5.74) is 1.62. The molecule has 7 heteroatoms. The monoisotopic (exact) mass is 424 g/mol. The summed E-state index contributed by atoms with van der Waals surface area (Å²) < 4.78 is 4.98. The lowest BCUT2D eigenvalue weighted by molar-refractivity contribution is -0.133. The van der Waals surface area contributed by atoms with Crippen LogP contribution in [0.25, 0.3) is 0 Å². The number of benzene rings is 1. The Bertz CT molecular complexity index is 834. The summed E-state index contributed by atoms with van der Waals surface area (Å²) in [6.07, 6.45) is 3.18. The SMILES string of the molecule is CCC(C(=O)N1CCN(c2ccc(C(=O)NCCCOC)cn2)CC1)c1ccccc1. The third-order valence-corrected chi connectivity index (χ3v) is 5.64. The predicted molar refractivity (Wildman–Crippen MR) is 121 cm³/mol. The van der Waals surface area contributed by atoms with E-state index in [0.29, 0.717) is 31.8 Å². The predicted octanol–water partition coefficient (Wildman–Crippen LogP) is 2.69. The molecule has 1 atom stereocenters. The van der Waals surface area contributed by atoms with Crippen LogP contribution in [0.2, 0.25) is 0 Å². The first-order chi connectivity index (χ1) is 15.1. The molecule has 1 fully saturated rings. The smallest absolute Gasteiger partial charge is 0.252 e. The van der Waals surface area contributed by atoms with E-state index in [9.17, 15) is 9.59 Å². The Kier molecular flexibility index (Phi) is 8.41. The number of hydrogen-bond donors (Lipinski definition) is 1. The maximum Gasteiger partial charge on any atom is 0.252 e. The molecular weight excluding hydrogens is 392 g/mol. The van der Waals surface area contributed by atoms with Gasteiger partial charge in [0.1, 0.15) is 5.82 Å². The average molecular weight is 425 g/mol. The molecule has 0 spiro atoms. The Balaban J connectivity index is 1.52. The van der Waals surface area contributed by atoms with E-state index in [1.165, 1.54) is 0 Å². The number of ether oxygens (including phenoxy) is 1. The molecule has 1 N–H and O–H groups in total. The molecule has 1 aromatic heterocycles. The van der Waals surface area contributed by atoms with Gasteiger partial charge in [-0.2, -0.15) is 0 Å². The van der Waals surface area contributed by atoms with Gasteiger partial charge in [0.05, 0.1) is 11.5 Å². The minimum absolute atomic E-state index is 0.0902. The number of nitrogens with one attached hydrogen (secondary N) is 1. The van der Waals surface area contributed by atoms with Crippen LogP contribution in [0, 0.1) is 0 Å². The molecule has 0 aliphatic carbocycles. The van der Waals surface area contributed by atoms with Gasteiger partial charge >= 0.3 is 0 Å². The van der Waals surface area contributed by atoms with Gasteiger partial charge in [0.15, 0.2) is 0 Å². The van der Waals surface area contributed by atoms with Crippen molar-refractivity contribution in [3.05, 3.63) is 59.8 Å². The number of carbonyl (C=O) groups excluding carboxylic acids is 2. The molecule has 1 aliphatic rings. The molecule has 166 valence electrons. The highest BCUT2D eigenvalue weighted by Crippen LogP contribution is 2.23. The maximum atomic E-state index is 13.1. The third kappa shape index (κ3) is 6.04. The van der Waals surface area contributed by atoms with Gasteiger partial charge in [0.25, 0.3) is 5.91 Å². The number of methoxy groups -OCH3 is 1. The van der Waals surface area contributed by atoms with Crippen molar-refractivity contribution in [3.63, 3.8) is 0 Å². The number of piperazine rings is 1. The molecule has 1 aromatic carbocycles. The van der Waals surface area contributed by atoms with Gasteiger partial charge in [-0.15, -0.1) is 0 Å². The number of hydrogen-bond acceptors (Lipinski definition) is 5. The number of amides is 2. The topological polar surface area (TPSA) is 74.8 Å². The van der Waals surface area contributed by atoms with Gasteiger partial charge in [-0.25, -0.2) is 4.98 Å². The highest BCUT2D eigenvalue weighted by molar-refractivity contribution is 5.94. The van der Waals surface area contributed by atoms with Crippen LogP contribution in [0.4, 0.5) is 5.82 Å². The summed E-state index contributed by atoms with van der Waals surface area (Å²) in [7, 11) is 1.64. The van der Waals surface area contributed by atoms with Crippen LogP contribution < -0.4 is 10.2 Å². The first kappa shape index (κ1) is 22.7. The van der Waals surface area contributed by atoms with Gasteiger partial charge in [-0.05, 0) is 30.5 Å². The van der Waals surface area contributed by atoms with E-state index in [-0.39, 0.29) is 17.7 Å². The summed E-state index contributed by atoms with van der Waals surface area (Å²) >= 11 is 0. The maximum absolute atomic E-state index is 13.1. The summed E-state index contributed by atoms with van der Waals surface area (Å²) in [5, 5.41) is 2.86. The summed E-state index contributed by atoms with van der Waals surface area (Å²) in [6, 6.07) is 13.7. The molecule has 31 heavy (non-hydrogen) atoms. The van der Waals surface area contributed by atoms with Gasteiger partial charge in [0.2, 0.25) is 5.91 Å². The molecule has 1 unspecified atom stereocenters. The van der Waals surface area contributed by atoms with E-state index in [0.717, 1.165) is 37.3 Å². The second-order valence-corrected chi connectivity index (χ2v) is 7.69. The highest BCUT2D eigenvalue weighted by Gasteiger charge is 2.27. The molecule has 2 heterocycles. The largest absolute Gasteiger partial charge is 0.385 e. The van der Waals surface area contributed by atoms with Crippen LogP contribution >= 0.6 is 0 Å². The van der Waals surface area contributed by atoms with E-state index >= 15 is 0 Å². The van der Waals surface area contributed by atoms with Gasteiger partial charge in [0, 0.05) is 52.6 Å². The zero-order chi connectivity index (χ0) is 22.1. The molecule has 2 amide bonds. The van der Waals surface area contributed by atoms with Crippen LogP contribution in [-0.4, -0.2) is 68.1 Å². The second kappa shape index (κ2) is 11.5. The van der Waals surface area contributed by atoms with Gasteiger partial charge in [-0.1, -0.05) is 37.3 Å². The van der Waals surface area contributed by atoms with Crippen molar-refractivity contribution < 1.29 is 14.3 Å². The van der Waals surface area contributed by atoms with Crippen molar-refractivity contribution in [2.24, 2.45) is 0 Å². The molecule has 3 rings (SSSR count). The van der Waals surface area contributed by atoms with E-state index in [2.05, 4.69) is 22.1 Å². The van der Waals surface area contributed by atoms with Crippen LogP contribution in [-0.2, 0) is 9.53 Å². The molecule has 0 bridgehead atoms. The molecule has 1 saturated heterocycles. The Morgan fingerprint density at radius 3 is 2.45 bits per heavy atom. The van der Waals surface area contributed by atoms with Crippen molar-refractivity contribution in [1.82, 2.24) is 15.2 Å². The Morgan fingerprint density at radius 1 is 1.10 bits per heavy atom. The fourth-order valence-electron chi connectivity index (χ4n) is 3.84. The summed E-state index contributed by atoms with van der Waals surface area (Å²) in [5.74, 6) is 0.810. The quantitative estimate of drug-likeness (QED) is 0.627. The average Bonchev–Trinajstić information content (AvgIpc) is 2.83. The number of nitrogens with zero attached hydrogens (tertiary/aromatic N) is 3. The van der Waals surface area contributed by atoms with Crippen LogP contribution in [0.1, 0.15) is 41.6 Å². The van der Waals surface area contributed by atoms with E-state index in [4.69, 9.17) is 4.74 Å². The number of rotatable bonds is 9. The van der Waals surface area contributed by atoms with Crippen LogP contribution in [0.15, 0.2) is 48.7 Å². The second-order valence-electron chi connectivity index (χ2n) is 7.69. The molecule has 0 saturated carbocycles. The van der Waals surface area contributed by atoms with Gasteiger partial charge in [-0.3, -0.25) is 9.59 Å². The van der Waals surface area contributed by atoms with E-state index in [1.807, 2.05) is 41.3 Å². The Morgan fingerprint density at radius 2 is 1.84 bits per heavy atom. The molecule has 1 aliphatic heterocycles. The standard InChI is InChI=1S/C24H32N4O3/c1-3-21(19-8-5-4-6-9-19)24(30)28-15-13-27(14-16-28)22-11-10-20(18-26-22)23(29)25-12-7-17-31-2/h4-6,8-11,18,21H,3,7,12-17H2,1-2H3,(H,25,29). The zero-order valence-corrected chi connectivity index (χ0v) is 18.4. The Labute approximate surface area is 184 Å². The van der Waals surface area contributed by atoms with Crippen molar-refractivity contribution in [3.8, 4) is 0 Å². The first-order valence-corrected chi connectivity index (χ1v) is 11.0. The number of pyridine rings is 1. The minimum atomic E-state index is -0.128. The molecule has 0 radical (unpaired) electrons. The number of carbonyl (C=O) groups is 2. The highest BCUT2D eigenvalue weighted by atomic mass is 16.5. The van der Waals surface area contributed by atoms with Crippen molar-refractivity contribution >= 4 is 17.6 Å².